The fraction of sp³-hybridized carbons (Fsp3) is 0.259. The summed E-state index contributed by atoms with van der Waals surface area (Å²) in [6.07, 6.45) is 0. The average Bonchev–Trinajstić information content (AvgIpc) is 2.91. The Hall–Kier alpha value is -3.44. The molecule has 0 saturated heterocycles. The quantitative estimate of drug-likeness (QED) is 0.351. The highest BCUT2D eigenvalue weighted by atomic mass is 79.9. The van der Waals surface area contributed by atoms with Crippen molar-refractivity contribution in [1.82, 2.24) is 10.2 Å². The number of rotatable bonds is 11. The molecule has 0 spiro atoms. The van der Waals surface area contributed by atoms with Crippen LogP contribution in [0.2, 0.25) is 0 Å². The first-order valence-corrected chi connectivity index (χ1v) is 14.1. The van der Waals surface area contributed by atoms with E-state index in [0.29, 0.717) is 16.8 Å². The van der Waals surface area contributed by atoms with E-state index < -0.39 is 40.2 Å². The van der Waals surface area contributed by atoms with Crippen molar-refractivity contribution in [3.8, 4) is 5.75 Å². The van der Waals surface area contributed by atoms with E-state index in [9.17, 15) is 22.4 Å². The zero-order valence-corrected chi connectivity index (χ0v) is 23.6. The van der Waals surface area contributed by atoms with Crippen LogP contribution in [0.1, 0.15) is 19.4 Å². The van der Waals surface area contributed by atoms with E-state index >= 15 is 0 Å². The molecule has 0 aliphatic heterocycles. The van der Waals surface area contributed by atoms with Crippen molar-refractivity contribution in [2.24, 2.45) is 0 Å². The summed E-state index contributed by atoms with van der Waals surface area (Å²) in [5.41, 5.74) is 0.420. The summed E-state index contributed by atoms with van der Waals surface area (Å²) in [6.45, 7) is 2.91. The van der Waals surface area contributed by atoms with Crippen LogP contribution in [0.15, 0.2) is 82.2 Å². The molecule has 202 valence electrons. The lowest BCUT2D eigenvalue weighted by atomic mass is 10.1. The SMILES string of the molecule is CCOc1ccc(N(CC(=O)N(Cc2ccccc2F)C(C)C(=O)NC)S(=O)(=O)c2ccc(Br)cc2)cc1. The average molecular weight is 607 g/mol. The molecule has 38 heavy (non-hydrogen) atoms. The Kier molecular flexibility index (Phi) is 9.87. The van der Waals surface area contributed by atoms with E-state index in [1.807, 2.05) is 6.92 Å². The van der Waals surface area contributed by atoms with Gasteiger partial charge < -0.3 is 15.0 Å². The van der Waals surface area contributed by atoms with Crippen LogP contribution in [0.3, 0.4) is 0 Å². The lowest BCUT2D eigenvalue weighted by Gasteiger charge is -2.31. The summed E-state index contributed by atoms with van der Waals surface area (Å²) < 4.78 is 49.1. The zero-order valence-electron chi connectivity index (χ0n) is 21.2. The van der Waals surface area contributed by atoms with Crippen molar-refractivity contribution in [2.45, 2.75) is 31.3 Å². The molecule has 0 aromatic heterocycles. The van der Waals surface area contributed by atoms with Gasteiger partial charge in [-0.05, 0) is 68.4 Å². The van der Waals surface area contributed by atoms with Crippen LogP contribution < -0.4 is 14.4 Å². The molecule has 0 saturated carbocycles. The van der Waals surface area contributed by atoms with Gasteiger partial charge in [0, 0.05) is 23.6 Å². The monoisotopic (exact) mass is 605 g/mol. The number of carbonyl (C=O) groups excluding carboxylic acids is 2. The van der Waals surface area contributed by atoms with Gasteiger partial charge in [-0.15, -0.1) is 0 Å². The van der Waals surface area contributed by atoms with Crippen LogP contribution in [-0.4, -0.2) is 51.4 Å². The van der Waals surface area contributed by atoms with E-state index in [4.69, 9.17) is 4.74 Å². The molecular formula is C27H29BrFN3O5S. The lowest BCUT2D eigenvalue weighted by Crippen LogP contribution is -2.50. The Morgan fingerprint density at radius 1 is 1.03 bits per heavy atom. The molecule has 2 amide bonds. The smallest absolute Gasteiger partial charge is 0.264 e. The van der Waals surface area contributed by atoms with Gasteiger partial charge in [0.25, 0.3) is 10.0 Å². The van der Waals surface area contributed by atoms with E-state index in [-0.39, 0.29) is 22.7 Å². The Bertz CT molecular complexity index is 1370. The Labute approximate surface area is 230 Å². The number of hydrogen-bond donors (Lipinski definition) is 1. The molecule has 0 heterocycles. The van der Waals surface area contributed by atoms with Gasteiger partial charge in [0.15, 0.2) is 0 Å². The molecule has 11 heteroatoms. The predicted molar refractivity (Wildman–Crippen MR) is 147 cm³/mol. The van der Waals surface area contributed by atoms with Crippen LogP contribution in [0, 0.1) is 5.82 Å². The number of halogens is 2. The van der Waals surface area contributed by atoms with Crippen molar-refractivity contribution < 1.29 is 27.1 Å². The highest BCUT2D eigenvalue weighted by Gasteiger charge is 2.32. The Morgan fingerprint density at radius 2 is 1.66 bits per heavy atom. The van der Waals surface area contributed by atoms with Gasteiger partial charge >= 0.3 is 0 Å². The van der Waals surface area contributed by atoms with E-state index in [2.05, 4.69) is 21.2 Å². The maximum atomic E-state index is 14.5. The number of likely N-dealkylation sites (N-methyl/N-ethyl adjacent to an activating group) is 1. The minimum atomic E-state index is -4.21. The van der Waals surface area contributed by atoms with Gasteiger partial charge in [-0.2, -0.15) is 0 Å². The van der Waals surface area contributed by atoms with Crippen LogP contribution >= 0.6 is 15.9 Å². The molecule has 1 atom stereocenters. The van der Waals surface area contributed by atoms with Crippen molar-refractivity contribution >= 4 is 43.5 Å². The number of ether oxygens (including phenoxy) is 1. The minimum Gasteiger partial charge on any atom is -0.494 e. The molecule has 0 fully saturated rings. The van der Waals surface area contributed by atoms with E-state index in [0.717, 1.165) is 9.21 Å². The van der Waals surface area contributed by atoms with E-state index in [1.54, 1.807) is 30.3 Å². The summed E-state index contributed by atoms with van der Waals surface area (Å²) in [6, 6.07) is 17.2. The van der Waals surface area contributed by atoms with Crippen LogP contribution in [0.25, 0.3) is 0 Å². The molecule has 3 aromatic carbocycles. The first-order valence-electron chi connectivity index (χ1n) is 11.8. The highest BCUT2D eigenvalue weighted by Crippen LogP contribution is 2.27. The fourth-order valence-electron chi connectivity index (χ4n) is 3.74. The van der Waals surface area contributed by atoms with E-state index in [1.165, 1.54) is 56.4 Å². The molecular weight excluding hydrogens is 577 g/mol. The van der Waals surface area contributed by atoms with Gasteiger partial charge in [0.1, 0.15) is 24.2 Å². The maximum absolute atomic E-state index is 14.5. The standard InChI is InChI=1S/C27H29BrFN3O5S/c1-4-37-23-13-11-22(12-14-23)32(38(35,36)24-15-9-21(28)10-16-24)18-26(33)31(19(2)27(34)30-3)17-20-7-5-6-8-25(20)29/h5-16,19H,4,17-18H2,1-3H3,(H,30,34). The predicted octanol–water partition coefficient (Wildman–Crippen LogP) is 4.35. The van der Waals surface area contributed by atoms with Crippen molar-refractivity contribution in [1.29, 1.82) is 0 Å². The summed E-state index contributed by atoms with van der Waals surface area (Å²) in [5, 5.41) is 2.49. The van der Waals surface area contributed by atoms with Crippen LogP contribution in [0.4, 0.5) is 10.1 Å². The molecule has 0 aliphatic carbocycles. The highest BCUT2D eigenvalue weighted by molar-refractivity contribution is 9.10. The Balaban J connectivity index is 2.04. The van der Waals surface area contributed by atoms with Gasteiger partial charge in [-0.3, -0.25) is 13.9 Å². The number of carbonyl (C=O) groups is 2. The molecule has 0 bridgehead atoms. The van der Waals surface area contributed by atoms with Crippen molar-refractivity contribution in [3.63, 3.8) is 0 Å². The third-order valence-electron chi connectivity index (χ3n) is 5.83. The van der Waals surface area contributed by atoms with Crippen molar-refractivity contribution in [3.05, 3.63) is 88.6 Å². The molecule has 0 radical (unpaired) electrons. The zero-order chi connectivity index (χ0) is 27.9. The minimum absolute atomic E-state index is 0.0256. The van der Waals surface area contributed by atoms with Crippen molar-refractivity contribution in [2.75, 3.05) is 24.5 Å². The number of nitrogens with one attached hydrogen (secondary N) is 1. The number of benzene rings is 3. The number of sulfonamides is 1. The fourth-order valence-corrected chi connectivity index (χ4v) is 5.42. The second kappa shape index (κ2) is 12.9. The molecule has 0 aliphatic rings. The van der Waals surface area contributed by atoms with Gasteiger partial charge in [0.2, 0.25) is 11.8 Å². The second-order valence-corrected chi connectivity index (χ2v) is 11.1. The summed E-state index contributed by atoms with van der Waals surface area (Å²) in [5.74, 6) is -1.16. The van der Waals surface area contributed by atoms with Crippen LogP contribution in [-0.2, 0) is 26.2 Å². The molecule has 1 N–H and O–H groups in total. The lowest BCUT2D eigenvalue weighted by molar-refractivity contribution is -0.139. The second-order valence-electron chi connectivity index (χ2n) is 8.30. The summed E-state index contributed by atoms with van der Waals surface area (Å²) >= 11 is 3.30. The molecule has 3 rings (SSSR count). The first kappa shape index (κ1) is 29.1. The number of hydrogen-bond acceptors (Lipinski definition) is 5. The molecule has 3 aromatic rings. The van der Waals surface area contributed by atoms with Crippen LogP contribution in [0.5, 0.6) is 5.75 Å². The first-order chi connectivity index (χ1) is 18.1. The number of nitrogens with zero attached hydrogens (tertiary/aromatic N) is 2. The number of amides is 2. The molecule has 1 unspecified atom stereocenters. The normalized spacial score (nSPS) is 11.9. The summed E-state index contributed by atoms with van der Waals surface area (Å²) in [7, 11) is -2.78. The largest absolute Gasteiger partial charge is 0.494 e. The van der Waals surface area contributed by atoms with Gasteiger partial charge in [0.05, 0.1) is 17.2 Å². The number of anilines is 1. The topological polar surface area (TPSA) is 96.0 Å². The van der Waals surface area contributed by atoms with Gasteiger partial charge in [-0.25, -0.2) is 12.8 Å². The third kappa shape index (κ3) is 6.90. The third-order valence-corrected chi connectivity index (χ3v) is 8.15. The van der Waals surface area contributed by atoms with Gasteiger partial charge in [-0.1, -0.05) is 34.1 Å². The Morgan fingerprint density at radius 3 is 2.24 bits per heavy atom. The summed E-state index contributed by atoms with van der Waals surface area (Å²) in [4.78, 5) is 27.3. The maximum Gasteiger partial charge on any atom is 0.264 e. The molecule has 8 nitrogen and oxygen atoms in total.